The van der Waals surface area contributed by atoms with Gasteiger partial charge in [0.15, 0.2) is 0 Å². The van der Waals surface area contributed by atoms with E-state index in [1.807, 2.05) is 0 Å². The van der Waals surface area contributed by atoms with E-state index < -0.39 is 0 Å². The highest BCUT2D eigenvalue weighted by molar-refractivity contribution is 5.31. The number of alkyl halides is 1. The molecule has 1 aromatic carbocycles. The predicted molar refractivity (Wildman–Crippen MR) is 65.6 cm³/mol. The lowest BCUT2D eigenvalue weighted by Crippen LogP contribution is -2.27. The van der Waals surface area contributed by atoms with E-state index >= 15 is 0 Å². The molecule has 1 heterocycles. The second-order valence-corrected chi connectivity index (χ2v) is 4.52. The lowest BCUT2D eigenvalue weighted by molar-refractivity contribution is 0.452. The van der Waals surface area contributed by atoms with E-state index in [-0.39, 0.29) is 6.67 Å². The molecule has 1 fully saturated rings. The van der Waals surface area contributed by atoms with Crippen molar-refractivity contribution in [3.05, 3.63) is 35.4 Å². The summed E-state index contributed by atoms with van der Waals surface area (Å²) in [5.74, 6) is 0.678. The van der Waals surface area contributed by atoms with Crippen molar-refractivity contribution in [1.29, 1.82) is 0 Å². The van der Waals surface area contributed by atoms with Crippen molar-refractivity contribution in [3.8, 4) is 0 Å². The van der Waals surface area contributed by atoms with Crippen molar-refractivity contribution < 1.29 is 4.39 Å². The predicted octanol–water partition coefficient (Wildman–Crippen LogP) is 3.06. The van der Waals surface area contributed by atoms with Gasteiger partial charge in [0.2, 0.25) is 0 Å². The van der Waals surface area contributed by atoms with Crippen molar-refractivity contribution >= 4 is 0 Å². The summed E-state index contributed by atoms with van der Waals surface area (Å²) in [5, 5.41) is 3.39. The molecule has 88 valence electrons. The molecule has 1 aliphatic rings. The fourth-order valence-electron chi connectivity index (χ4n) is 2.55. The van der Waals surface area contributed by atoms with Crippen LogP contribution in [0.3, 0.4) is 0 Å². The SMILES string of the molecule is FCCCc1ccccc1C1CCNCC1. The second-order valence-electron chi connectivity index (χ2n) is 4.52. The fourth-order valence-corrected chi connectivity index (χ4v) is 2.55. The van der Waals surface area contributed by atoms with Gasteiger partial charge < -0.3 is 5.32 Å². The van der Waals surface area contributed by atoms with Gasteiger partial charge in [-0.25, -0.2) is 0 Å². The molecule has 1 aromatic rings. The van der Waals surface area contributed by atoms with Crippen LogP contribution in [0.4, 0.5) is 4.39 Å². The van der Waals surface area contributed by atoms with E-state index in [9.17, 15) is 4.39 Å². The number of hydrogen-bond donors (Lipinski definition) is 1. The molecule has 0 aromatic heterocycles. The minimum absolute atomic E-state index is 0.208. The van der Waals surface area contributed by atoms with Crippen LogP contribution < -0.4 is 5.32 Å². The minimum atomic E-state index is -0.208. The Kier molecular flexibility index (Phi) is 4.34. The molecule has 0 saturated carbocycles. The van der Waals surface area contributed by atoms with E-state index in [0.29, 0.717) is 12.3 Å². The number of piperidine rings is 1. The third kappa shape index (κ3) is 2.82. The van der Waals surface area contributed by atoms with Gasteiger partial charge >= 0.3 is 0 Å². The molecular weight excluding hydrogens is 201 g/mol. The van der Waals surface area contributed by atoms with Crippen LogP contribution in [0.5, 0.6) is 0 Å². The molecule has 0 unspecified atom stereocenters. The Morgan fingerprint density at radius 3 is 2.69 bits per heavy atom. The van der Waals surface area contributed by atoms with Crippen LogP contribution in [-0.2, 0) is 6.42 Å². The van der Waals surface area contributed by atoms with Crippen molar-refractivity contribution in [1.82, 2.24) is 5.32 Å². The molecule has 1 N–H and O–H groups in total. The van der Waals surface area contributed by atoms with E-state index in [1.165, 1.54) is 24.0 Å². The van der Waals surface area contributed by atoms with Crippen LogP contribution in [0.15, 0.2) is 24.3 Å². The third-order valence-corrected chi connectivity index (χ3v) is 3.41. The zero-order valence-corrected chi connectivity index (χ0v) is 9.71. The standard InChI is InChI=1S/C14H20FN/c15-9-3-5-12-4-1-2-6-14(12)13-7-10-16-11-8-13/h1-2,4,6,13,16H,3,5,7-11H2. The number of halogens is 1. The van der Waals surface area contributed by atoms with E-state index in [2.05, 4.69) is 29.6 Å². The lowest BCUT2D eigenvalue weighted by Gasteiger charge is -2.25. The Labute approximate surface area is 97.1 Å². The molecule has 0 amide bonds. The summed E-state index contributed by atoms with van der Waals surface area (Å²) in [5.41, 5.74) is 2.81. The zero-order chi connectivity index (χ0) is 11.2. The summed E-state index contributed by atoms with van der Waals surface area (Å²) in [6, 6.07) is 8.56. The van der Waals surface area contributed by atoms with Crippen LogP contribution >= 0.6 is 0 Å². The third-order valence-electron chi connectivity index (χ3n) is 3.41. The van der Waals surface area contributed by atoms with Crippen molar-refractivity contribution in [3.63, 3.8) is 0 Å². The molecule has 0 aliphatic carbocycles. The van der Waals surface area contributed by atoms with E-state index in [1.54, 1.807) is 0 Å². The molecule has 0 bridgehead atoms. The topological polar surface area (TPSA) is 12.0 Å². The number of nitrogens with one attached hydrogen (secondary N) is 1. The van der Waals surface area contributed by atoms with Crippen LogP contribution in [0.25, 0.3) is 0 Å². The van der Waals surface area contributed by atoms with Gasteiger partial charge in [0, 0.05) is 0 Å². The highest BCUT2D eigenvalue weighted by Gasteiger charge is 2.17. The average molecular weight is 221 g/mol. The van der Waals surface area contributed by atoms with Crippen LogP contribution in [0, 0.1) is 0 Å². The van der Waals surface area contributed by atoms with Gasteiger partial charge in [0.05, 0.1) is 6.67 Å². The highest BCUT2D eigenvalue weighted by Crippen LogP contribution is 2.28. The van der Waals surface area contributed by atoms with Crippen molar-refractivity contribution in [2.75, 3.05) is 19.8 Å². The molecule has 2 heteroatoms. The van der Waals surface area contributed by atoms with E-state index in [4.69, 9.17) is 0 Å². The van der Waals surface area contributed by atoms with Gasteiger partial charge in [0.25, 0.3) is 0 Å². The van der Waals surface area contributed by atoms with Gasteiger partial charge in [-0.2, -0.15) is 0 Å². The molecular formula is C14H20FN. The molecule has 1 aliphatic heterocycles. The molecule has 0 atom stereocenters. The molecule has 1 nitrogen and oxygen atoms in total. The maximum Gasteiger partial charge on any atom is 0.0897 e. The Morgan fingerprint density at radius 1 is 1.19 bits per heavy atom. The Bertz CT molecular complexity index is 318. The van der Waals surface area contributed by atoms with Crippen molar-refractivity contribution in [2.24, 2.45) is 0 Å². The quantitative estimate of drug-likeness (QED) is 0.824. The summed E-state index contributed by atoms with van der Waals surface area (Å²) in [4.78, 5) is 0. The van der Waals surface area contributed by atoms with Crippen LogP contribution in [-0.4, -0.2) is 19.8 Å². The van der Waals surface area contributed by atoms with Gasteiger partial charge in [-0.3, -0.25) is 4.39 Å². The van der Waals surface area contributed by atoms with E-state index in [0.717, 1.165) is 19.5 Å². The maximum absolute atomic E-state index is 12.2. The minimum Gasteiger partial charge on any atom is -0.317 e. The first-order valence-electron chi connectivity index (χ1n) is 6.26. The maximum atomic E-state index is 12.2. The lowest BCUT2D eigenvalue weighted by atomic mass is 9.86. The van der Waals surface area contributed by atoms with Crippen LogP contribution in [0.1, 0.15) is 36.3 Å². The monoisotopic (exact) mass is 221 g/mol. The summed E-state index contributed by atoms with van der Waals surface area (Å²) in [6.45, 7) is 2.02. The largest absolute Gasteiger partial charge is 0.317 e. The zero-order valence-electron chi connectivity index (χ0n) is 9.71. The van der Waals surface area contributed by atoms with Crippen LogP contribution in [0.2, 0.25) is 0 Å². The Morgan fingerprint density at radius 2 is 1.94 bits per heavy atom. The summed E-state index contributed by atoms with van der Waals surface area (Å²) in [6.07, 6.45) is 3.97. The molecule has 0 radical (unpaired) electrons. The van der Waals surface area contributed by atoms with Crippen molar-refractivity contribution in [2.45, 2.75) is 31.6 Å². The molecule has 1 saturated heterocycles. The summed E-state index contributed by atoms with van der Waals surface area (Å²) < 4.78 is 12.2. The number of hydrogen-bond acceptors (Lipinski definition) is 1. The first kappa shape index (κ1) is 11.6. The fraction of sp³-hybridized carbons (Fsp3) is 0.571. The number of rotatable bonds is 4. The molecule has 0 spiro atoms. The van der Waals surface area contributed by atoms with Gasteiger partial charge in [0.1, 0.15) is 0 Å². The summed E-state index contributed by atoms with van der Waals surface area (Å²) in [7, 11) is 0. The number of aryl methyl sites for hydroxylation is 1. The molecule has 2 rings (SSSR count). The number of benzene rings is 1. The van der Waals surface area contributed by atoms with Gasteiger partial charge in [-0.1, -0.05) is 24.3 Å². The first-order valence-corrected chi connectivity index (χ1v) is 6.26. The average Bonchev–Trinajstić information content (AvgIpc) is 2.38. The van der Waals surface area contributed by atoms with Gasteiger partial charge in [-0.15, -0.1) is 0 Å². The second kappa shape index (κ2) is 6.00. The summed E-state index contributed by atoms with van der Waals surface area (Å²) >= 11 is 0. The Balaban J connectivity index is 2.11. The normalized spacial score (nSPS) is 17.6. The smallest absolute Gasteiger partial charge is 0.0897 e. The first-order chi connectivity index (χ1) is 7.92. The Hall–Kier alpha value is -0.890. The molecule has 16 heavy (non-hydrogen) atoms. The highest BCUT2D eigenvalue weighted by atomic mass is 19.1. The van der Waals surface area contributed by atoms with Gasteiger partial charge in [-0.05, 0) is 55.8 Å².